The van der Waals surface area contributed by atoms with Gasteiger partial charge in [-0.2, -0.15) is 38.5 Å². The van der Waals surface area contributed by atoms with Crippen LogP contribution in [0, 0.1) is 5.92 Å². The number of ether oxygens (including phenoxy) is 2. The molecule has 2 aliphatic heterocycles. The zero-order valence-electron chi connectivity index (χ0n) is 77.6. The summed E-state index contributed by atoms with van der Waals surface area (Å²) in [5.74, 6) is 3.49. The monoisotopic (exact) mass is 1990 g/mol. The Hall–Kier alpha value is -15.6. The lowest BCUT2D eigenvalue weighted by atomic mass is 10.2. The highest BCUT2D eigenvalue weighted by atomic mass is 32.1. The highest BCUT2D eigenvalue weighted by Gasteiger charge is 2.30. The van der Waals surface area contributed by atoms with E-state index >= 15 is 0 Å². The van der Waals surface area contributed by atoms with Crippen LogP contribution in [0.3, 0.4) is 0 Å². The molecule has 4 saturated carbocycles. The fraction of sp³-hybridized carbons (Fsp3) is 0.296. The molecule has 4 aliphatic carbocycles. The number of hydrogen-bond donors (Lipinski definition) is 15. The van der Waals surface area contributed by atoms with Crippen molar-refractivity contribution in [2.75, 3.05) is 100 Å². The first-order chi connectivity index (χ1) is 69.0. The summed E-state index contributed by atoms with van der Waals surface area (Å²) in [5.41, 5.74) is 8.26. The van der Waals surface area contributed by atoms with Gasteiger partial charge in [-0.25, -0.2) is 39.1 Å². The highest BCUT2D eigenvalue weighted by molar-refractivity contribution is 7.18. The van der Waals surface area contributed by atoms with Crippen LogP contribution in [0.15, 0.2) is 141 Å². The van der Waals surface area contributed by atoms with Crippen molar-refractivity contribution in [3.8, 4) is 42.3 Å². The lowest BCUT2D eigenvalue weighted by molar-refractivity contribution is 0.0383. The third kappa shape index (κ3) is 22.5. The van der Waals surface area contributed by atoms with E-state index in [1.54, 1.807) is 61.2 Å². The molecule has 15 N–H and O–H groups in total. The number of thiophene rings is 4. The molecule has 23 rings (SSSR count). The van der Waals surface area contributed by atoms with Crippen molar-refractivity contribution in [2.45, 2.75) is 102 Å². The number of amides is 4. The van der Waals surface area contributed by atoms with Gasteiger partial charge >= 0.3 is 22.8 Å². The van der Waals surface area contributed by atoms with Gasteiger partial charge in [-0.15, -0.1) is 45.3 Å². The molecule has 0 aromatic carbocycles. The maximum absolute atomic E-state index is 13.1. The fourth-order valence-electron chi connectivity index (χ4n) is 15.9. The molecule has 19 heterocycles. The van der Waals surface area contributed by atoms with E-state index in [0.717, 1.165) is 184 Å². The number of anilines is 4. The summed E-state index contributed by atoms with van der Waals surface area (Å²) in [6.45, 7) is 28.0. The summed E-state index contributed by atoms with van der Waals surface area (Å²) >= 11 is 5.65. The highest BCUT2D eigenvalue weighted by Crippen LogP contribution is 2.38. The number of nitrogens with zero attached hydrogens (tertiary/aromatic N) is 15. The van der Waals surface area contributed by atoms with Gasteiger partial charge in [-0.3, -0.25) is 29.1 Å². The van der Waals surface area contributed by atoms with Gasteiger partial charge in [0.05, 0.1) is 149 Å². The average Bonchev–Trinajstić information content (AvgIpc) is 1.63. The number of fused-ring (bicyclic) bond motifs is 4. The van der Waals surface area contributed by atoms with Crippen LogP contribution < -0.4 is 103 Å². The molecule has 0 atom stereocenters. The Morgan fingerprint density at radius 3 is 1.11 bits per heavy atom. The van der Waals surface area contributed by atoms with Crippen molar-refractivity contribution in [3.63, 3.8) is 0 Å². The van der Waals surface area contributed by atoms with Crippen LogP contribution in [-0.4, -0.2) is 240 Å². The number of nitrogens with one attached hydrogen (secondary N) is 15. The summed E-state index contributed by atoms with van der Waals surface area (Å²) in [6, 6.07) is 30.4. The van der Waals surface area contributed by atoms with Crippen molar-refractivity contribution >= 4 is 165 Å². The molecule has 0 spiro atoms. The first kappa shape index (κ1) is 94.0. The number of rotatable bonds is 28. The predicted octanol–water partition coefficient (Wildman–Crippen LogP) is 4.83. The van der Waals surface area contributed by atoms with Gasteiger partial charge in [0.15, 0.2) is 22.6 Å². The second-order valence-corrected chi connectivity index (χ2v) is 40.0. The normalized spacial score (nSPS) is 15.6. The maximum atomic E-state index is 13.1. The van der Waals surface area contributed by atoms with Gasteiger partial charge in [-0.05, 0) is 149 Å². The summed E-state index contributed by atoms with van der Waals surface area (Å²) in [4.78, 5) is 153. The molecule has 0 radical (unpaired) electrons. The SMILES string of the molecule is C=c1[nH]c(=O)[nH]/c1=C\c1cnn2c(NC3CC3)cc(-c3ccc(C(=O)N4CCCOCC4)s3)nc12.C=c1[nH]c(=O)[nH]/c1=C\c1cnn2c(NC3CC3)cc(-c3ccc(C(=O)NCC(C)C)s3)nc12.C=c1[nH]c(=O)[nH]/c1=C\c1cnn2c(NC3CC3)cc(-c3ccc(C(=O)NCCN4CCOCC4)s3)nc12.C=c1[nH]c(=O)[nH]/c1=C\c1cnn2c(NC3CC3)cc(-c3ccc(C(=O)NCCc4ccccn4)s3)nc12. The Balaban J connectivity index is 0.000000116. The lowest BCUT2D eigenvalue weighted by Gasteiger charge is -2.26. The number of carbonyl (C=O) groups excluding carboxylic acids is 4. The lowest BCUT2D eigenvalue weighted by Crippen LogP contribution is -2.41. The number of hydrogen-bond acceptors (Lipinski definition) is 28. The zero-order valence-corrected chi connectivity index (χ0v) is 80.8. The minimum atomic E-state index is -0.318. The van der Waals surface area contributed by atoms with Crippen molar-refractivity contribution in [2.24, 2.45) is 5.92 Å². The third-order valence-corrected chi connectivity index (χ3v) is 28.4. The summed E-state index contributed by atoms with van der Waals surface area (Å²) in [5, 5.41) is 45.5. The standard InChI is InChI=1S/C26H24N8O2S.C25H28N8O3S.C24H25N7O3S.C23H25N7O2S/c1-15-19(33-26(36)30-15)12-16-14-29-34-23(31-18-5-6-18)13-20(32-24(16)34)21-7-8-22(37-21)25(35)28-11-9-17-4-2-3-10-27-17;1-15-18(31-25(35)28-15)12-16-14-27-33-22(29-17-2-3-17)13-19(30-23(16)33)20-4-5-21(37-20)24(34)26-6-7-32-8-10-36-11-9-32;1-14-17(29-24(33)26-14)11-15-13-25-31-21(27-16-3-4-16)12-18(28-22(15)31)19-5-6-20(35-19)23(32)30-7-2-9-34-10-8-30;1-12(2)10-24-22(31)19-7-6-18(33-19)17-9-20(27-15-4-5-15)30-21(28-17)14(11-25-30)8-16-13(3)26-23(32)29-16/h2-4,7-8,10,12-14,18,31H,1,5-6,9,11H2,(H,28,35)(H2,30,33,36);4-5,12-14,17,29H,1-3,6-11H2,(H,26,34)(H2,28,31,35);5-6,11-13,16,27H,1-4,7-10H2,(H2,26,29,33);6-9,11-12,15,27H,3-5,10H2,1-2H3,(H,24,31)(H2,26,29,32)/b19-12-;18-12-;17-11-;16-8-. The first-order valence-electron chi connectivity index (χ1n) is 46.9. The molecule has 44 heteroatoms. The van der Waals surface area contributed by atoms with Crippen LogP contribution in [0.25, 0.3) is 115 Å². The van der Waals surface area contributed by atoms with E-state index in [4.69, 9.17) is 29.4 Å². The number of aromatic nitrogens is 21. The van der Waals surface area contributed by atoms with Gasteiger partial charge in [0.1, 0.15) is 23.3 Å². The van der Waals surface area contributed by atoms with Gasteiger partial charge < -0.3 is 91.5 Å². The van der Waals surface area contributed by atoms with E-state index in [2.05, 4.69) is 148 Å². The molecule has 0 unspecified atom stereocenters. The molecule has 728 valence electrons. The van der Waals surface area contributed by atoms with Gasteiger partial charge in [0.25, 0.3) is 23.6 Å². The maximum Gasteiger partial charge on any atom is 0.323 e. The minimum absolute atomic E-state index is 0.0296. The Bertz CT molecular complexity index is 8370. The molecule has 17 aromatic rings. The molecule has 40 nitrogen and oxygen atoms in total. The second-order valence-electron chi connectivity index (χ2n) is 35.6. The molecule has 17 aromatic heterocycles. The van der Waals surface area contributed by atoms with Crippen LogP contribution in [0.4, 0.5) is 23.3 Å². The van der Waals surface area contributed by atoms with Crippen LogP contribution in [0.5, 0.6) is 0 Å². The molecule has 0 bridgehead atoms. The summed E-state index contributed by atoms with van der Waals surface area (Å²) in [7, 11) is 0. The summed E-state index contributed by atoms with van der Waals surface area (Å²) < 4.78 is 17.9. The Morgan fingerprint density at radius 1 is 0.423 bits per heavy atom. The fourth-order valence-corrected chi connectivity index (χ4v) is 19.5. The molecule has 6 aliphatic rings. The third-order valence-electron chi connectivity index (χ3n) is 24.0. The van der Waals surface area contributed by atoms with E-state index < -0.39 is 0 Å². The van der Waals surface area contributed by atoms with E-state index in [-0.39, 0.29) is 46.4 Å². The Morgan fingerprint density at radius 2 is 0.768 bits per heavy atom. The van der Waals surface area contributed by atoms with Gasteiger partial charge in [0, 0.05) is 148 Å². The number of morpholine rings is 1. The molecular formula is C98H102N30O10S4. The van der Waals surface area contributed by atoms with E-state index in [1.807, 2.05) is 108 Å². The largest absolute Gasteiger partial charge is 0.380 e. The van der Waals surface area contributed by atoms with Crippen LogP contribution >= 0.6 is 45.3 Å². The average molecular weight is 1990 g/mol. The predicted molar refractivity (Wildman–Crippen MR) is 549 cm³/mol. The van der Waals surface area contributed by atoms with Crippen LogP contribution in [0.1, 0.15) is 138 Å². The Kier molecular flexibility index (Phi) is 27.4. The number of pyridine rings is 1. The second kappa shape index (κ2) is 41.4. The zero-order chi connectivity index (χ0) is 97.8. The van der Waals surface area contributed by atoms with E-state index in [1.165, 1.54) is 45.3 Å². The number of carbonyl (C=O) groups is 4. The number of aromatic amines is 8. The van der Waals surface area contributed by atoms with Crippen molar-refractivity contribution < 1.29 is 28.7 Å². The van der Waals surface area contributed by atoms with Gasteiger partial charge in [-0.1, -0.05) is 46.2 Å². The van der Waals surface area contributed by atoms with Crippen molar-refractivity contribution in [1.82, 2.24) is 129 Å². The van der Waals surface area contributed by atoms with Crippen LogP contribution in [-0.2, 0) is 15.9 Å². The molecular weight excluding hydrogens is 1890 g/mol. The quantitative estimate of drug-likeness (QED) is 0.0312. The minimum Gasteiger partial charge on any atom is -0.380 e. The number of imidazole rings is 4. The van der Waals surface area contributed by atoms with E-state index in [9.17, 15) is 38.4 Å². The van der Waals surface area contributed by atoms with Crippen LogP contribution in [0.2, 0.25) is 0 Å². The Labute approximate surface area is 822 Å². The molecule has 142 heavy (non-hydrogen) atoms. The van der Waals surface area contributed by atoms with E-state index in [0.29, 0.717) is 167 Å². The molecule has 6 fully saturated rings. The van der Waals surface area contributed by atoms with Crippen molar-refractivity contribution in [1.29, 1.82) is 0 Å². The summed E-state index contributed by atoms with van der Waals surface area (Å²) in [6.07, 6.45) is 26.3. The topological polar surface area (TPSA) is 506 Å². The van der Waals surface area contributed by atoms with Crippen molar-refractivity contribution in [3.05, 3.63) is 254 Å². The molecule has 2 saturated heterocycles. The molecule has 4 amide bonds. The smallest absolute Gasteiger partial charge is 0.323 e. The first-order valence-corrected chi connectivity index (χ1v) is 50.2. The van der Waals surface area contributed by atoms with Gasteiger partial charge in [0.2, 0.25) is 0 Å². The number of H-pyrrole nitrogens is 8.